The lowest BCUT2D eigenvalue weighted by Gasteiger charge is -2.06. The average Bonchev–Trinajstić information content (AvgIpc) is 2.78. The zero-order chi connectivity index (χ0) is 12.1. The SMILES string of the molecule is CC(C)NCOc1cc(-c2ccccc2)no1. The van der Waals surface area contributed by atoms with Crippen molar-refractivity contribution in [3.05, 3.63) is 36.4 Å². The lowest BCUT2D eigenvalue weighted by Crippen LogP contribution is -2.26. The molecule has 0 atom stereocenters. The van der Waals surface area contributed by atoms with Crippen molar-refractivity contribution in [2.45, 2.75) is 19.9 Å². The van der Waals surface area contributed by atoms with Crippen molar-refractivity contribution in [3.63, 3.8) is 0 Å². The normalized spacial score (nSPS) is 10.8. The molecular formula is C13H16N2O2. The van der Waals surface area contributed by atoms with Crippen LogP contribution in [0.3, 0.4) is 0 Å². The summed E-state index contributed by atoms with van der Waals surface area (Å²) in [5.74, 6) is 0.428. The molecule has 0 spiro atoms. The van der Waals surface area contributed by atoms with E-state index in [0.717, 1.165) is 11.3 Å². The molecule has 2 rings (SSSR count). The van der Waals surface area contributed by atoms with E-state index in [0.29, 0.717) is 18.7 Å². The molecule has 4 nitrogen and oxygen atoms in total. The average molecular weight is 232 g/mol. The molecule has 0 radical (unpaired) electrons. The number of benzene rings is 1. The van der Waals surface area contributed by atoms with Crippen LogP contribution in [0.1, 0.15) is 13.8 Å². The van der Waals surface area contributed by atoms with Gasteiger partial charge >= 0.3 is 5.95 Å². The van der Waals surface area contributed by atoms with Gasteiger partial charge in [-0.15, -0.1) is 0 Å². The van der Waals surface area contributed by atoms with Crippen LogP contribution < -0.4 is 10.1 Å². The monoisotopic (exact) mass is 232 g/mol. The van der Waals surface area contributed by atoms with Gasteiger partial charge in [0.05, 0.1) is 6.07 Å². The van der Waals surface area contributed by atoms with Crippen LogP contribution in [0.25, 0.3) is 11.3 Å². The van der Waals surface area contributed by atoms with Crippen molar-refractivity contribution >= 4 is 0 Å². The molecule has 1 aromatic carbocycles. The van der Waals surface area contributed by atoms with E-state index in [2.05, 4.69) is 24.3 Å². The lowest BCUT2D eigenvalue weighted by molar-refractivity contribution is 0.191. The molecular weight excluding hydrogens is 216 g/mol. The third-order valence-corrected chi connectivity index (χ3v) is 2.26. The Kier molecular flexibility index (Phi) is 3.77. The Hall–Kier alpha value is -1.81. The Morgan fingerprint density at radius 1 is 1.29 bits per heavy atom. The van der Waals surface area contributed by atoms with Gasteiger partial charge in [0.1, 0.15) is 12.4 Å². The van der Waals surface area contributed by atoms with Crippen LogP contribution in [0.4, 0.5) is 0 Å². The molecule has 0 fully saturated rings. The Morgan fingerprint density at radius 2 is 2.06 bits per heavy atom. The van der Waals surface area contributed by atoms with Crippen molar-refractivity contribution in [2.24, 2.45) is 0 Å². The maximum Gasteiger partial charge on any atom is 0.313 e. The third kappa shape index (κ3) is 3.32. The molecule has 90 valence electrons. The van der Waals surface area contributed by atoms with E-state index < -0.39 is 0 Å². The quantitative estimate of drug-likeness (QED) is 0.805. The lowest BCUT2D eigenvalue weighted by atomic mass is 10.2. The predicted molar refractivity (Wildman–Crippen MR) is 65.7 cm³/mol. The molecule has 1 N–H and O–H groups in total. The highest BCUT2D eigenvalue weighted by atomic mass is 16.6. The van der Waals surface area contributed by atoms with Gasteiger partial charge in [0.25, 0.3) is 0 Å². The molecule has 0 amide bonds. The van der Waals surface area contributed by atoms with Crippen molar-refractivity contribution in [1.82, 2.24) is 10.5 Å². The van der Waals surface area contributed by atoms with Crippen LogP contribution in [0.15, 0.2) is 40.9 Å². The number of hydrogen-bond donors (Lipinski definition) is 1. The Bertz CT molecular complexity index is 451. The molecule has 1 aromatic heterocycles. The first-order chi connectivity index (χ1) is 8.25. The molecule has 1 heterocycles. The number of nitrogens with zero attached hydrogens (tertiary/aromatic N) is 1. The van der Waals surface area contributed by atoms with Crippen molar-refractivity contribution in [3.8, 4) is 17.2 Å². The topological polar surface area (TPSA) is 47.3 Å². The summed E-state index contributed by atoms with van der Waals surface area (Å²) in [5, 5.41) is 7.09. The first kappa shape index (κ1) is 11.7. The summed E-state index contributed by atoms with van der Waals surface area (Å²) >= 11 is 0. The number of aromatic nitrogens is 1. The minimum atomic E-state index is 0.381. The molecule has 0 aliphatic carbocycles. The summed E-state index contributed by atoms with van der Waals surface area (Å²) in [4.78, 5) is 0. The molecule has 17 heavy (non-hydrogen) atoms. The molecule has 0 bridgehead atoms. The van der Waals surface area contributed by atoms with E-state index in [4.69, 9.17) is 9.26 Å². The highest BCUT2D eigenvalue weighted by Crippen LogP contribution is 2.22. The summed E-state index contributed by atoms with van der Waals surface area (Å²) in [7, 11) is 0. The summed E-state index contributed by atoms with van der Waals surface area (Å²) in [5.41, 5.74) is 1.80. The molecule has 2 aromatic rings. The van der Waals surface area contributed by atoms with Crippen molar-refractivity contribution < 1.29 is 9.26 Å². The minimum absolute atomic E-state index is 0.381. The summed E-state index contributed by atoms with van der Waals surface area (Å²) in [6.45, 7) is 4.53. The second-order valence-corrected chi connectivity index (χ2v) is 4.04. The van der Waals surface area contributed by atoms with E-state index in [9.17, 15) is 0 Å². The molecule has 0 unspecified atom stereocenters. The van der Waals surface area contributed by atoms with Gasteiger partial charge in [-0.3, -0.25) is 5.32 Å². The Balaban J connectivity index is 1.97. The van der Waals surface area contributed by atoms with Gasteiger partial charge < -0.3 is 9.26 Å². The highest BCUT2D eigenvalue weighted by Gasteiger charge is 2.06. The van der Waals surface area contributed by atoms with E-state index >= 15 is 0 Å². The van der Waals surface area contributed by atoms with E-state index in [-0.39, 0.29) is 0 Å². The fourth-order valence-electron chi connectivity index (χ4n) is 1.35. The van der Waals surface area contributed by atoms with Crippen LogP contribution in [0.2, 0.25) is 0 Å². The van der Waals surface area contributed by atoms with E-state index in [1.807, 2.05) is 30.3 Å². The van der Waals surface area contributed by atoms with Crippen LogP contribution in [-0.4, -0.2) is 17.9 Å². The standard InChI is InChI=1S/C13H16N2O2/c1-10(2)14-9-16-13-8-12(15-17-13)11-6-4-3-5-7-11/h3-8,10,14H,9H2,1-2H3. The molecule has 0 saturated carbocycles. The maximum absolute atomic E-state index is 5.38. The molecule has 0 saturated heterocycles. The maximum atomic E-state index is 5.38. The van der Waals surface area contributed by atoms with Gasteiger partial charge in [-0.05, 0) is 13.8 Å². The minimum Gasteiger partial charge on any atom is -0.448 e. The summed E-state index contributed by atoms with van der Waals surface area (Å²) in [6, 6.07) is 12.0. The van der Waals surface area contributed by atoms with Gasteiger partial charge in [0.15, 0.2) is 0 Å². The van der Waals surface area contributed by atoms with Crippen LogP contribution in [-0.2, 0) is 0 Å². The van der Waals surface area contributed by atoms with Gasteiger partial charge in [-0.1, -0.05) is 35.5 Å². The third-order valence-electron chi connectivity index (χ3n) is 2.26. The first-order valence-corrected chi connectivity index (χ1v) is 5.64. The molecule has 0 aliphatic rings. The Labute approximate surface area is 101 Å². The highest BCUT2D eigenvalue weighted by molar-refractivity contribution is 5.58. The van der Waals surface area contributed by atoms with Gasteiger partial charge in [0, 0.05) is 11.6 Å². The Morgan fingerprint density at radius 3 is 2.76 bits per heavy atom. The second-order valence-electron chi connectivity index (χ2n) is 4.04. The zero-order valence-corrected chi connectivity index (χ0v) is 10.0. The van der Waals surface area contributed by atoms with Crippen LogP contribution in [0.5, 0.6) is 5.95 Å². The molecule has 0 aliphatic heterocycles. The van der Waals surface area contributed by atoms with Crippen LogP contribution >= 0.6 is 0 Å². The van der Waals surface area contributed by atoms with Gasteiger partial charge in [0.2, 0.25) is 0 Å². The zero-order valence-electron chi connectivity index (χ0n) is 10.0. The van der Waals surface area contributed by atoms with E-state index in [1.54, 1.807) is 6.07 Å². The number of nitrogens with one attached hydrogen (secondary N) is 1. The fourth-order valence-corrected chi connectivity index (χ4v) is 1.35. The summed E-state index contributed by atoms with van der Waals surface area (Å²) < 4.78 is 10.5. The fraction of sp³-hybridized carbons (Fsp3) is 0.308. The second kappa shape index (κ2) is 5.50. The first-order valence-electron chi connectivity index (χ1n) is 5.64. The largest absolute Gasteiger partial charge is 0.448 e. The number of hydrogen-bond acceptors (Lipinski definition) is 4. The van der Waals surface area contributed by atoms with Crippen molar-refractivity contribution in [1.29, 1.82) is 0 Å². The van der Waals surface area contributed by atoms with Gasteiger partial charge in [-0.25, -0.2) is 0 Å². The number of ether oxygens (including phenoxy) is 1. The smallest absolute Gasteiger partial charge is 0.313 e. The summed E-state index contributed by atoms with van der Waals surface area (Å²) in [6.07, 6.45) is 0. The van der Waals surface area contributed by atoms with Crippen molar-refractivity contribution in [2.75, 3.05) is 6.73 Å². The predicted octanol–water partition coefficient (Wildman–Crippen LogP) is 2.68. The van der Waals surface area contributed by atoms with Gasteiger partial charge in [-0.2, -0.15) is 0 Å². The number of rotatable bonds is 5. The van der Waals surface area contributed by atoms with Crippen LogP contribution in [0, 0.1) is 0 Å². The van der Waals surface area contributed by atoms with E-state index in [1.165, 1.54) is 0 Å². The molecule has 4 heteroatoms.